The molecule has 0 radical (unpaired) electrons. The van der Waals surface area contributed by atoms with Crippen LogP contribution in [0.1, 0.15) is 0 Å². The fourth-order valence-corrected chi connectivity index (χ4v) is 2.05. The van der Waals surface area contributed by atoms with E-state index in [0.717, 1.165) is 4.68 Å². The highest BCUT2D eigenvalue weighted by atomic mass is 35.5. The molecule has 0 unspecified atom stereocenters. The van der Waals surface area contributed by atoms with E-state index in [1.54, 1.807) is 42.6 Å². The van der Waals surface area contributed by atoms with Crippen LogP contribution in [0.4, 0.5) is 0 Å². The van der Waals surface area contributed by atoms with Gasteiger partial charge in [0.1, 0.15) is 0 Å². The largest absolute Gasteiger partial charge is 0.334 e. The van der Waals surface area contributed by atoms with Crippen LogP contribution >= 0.6 is 11.6 Å². The van der Waals surface area contributed by atoms with E-state index in [1.165, 1.54) is 0 Å². The van der Waals surface area contributed by atoms with Gasteiger partial charge in [0.2, 0.25) is 0 Å². The smallest absolute Gasteiger partial charge is 0.281 e. The molecule has 3 rings (SSSR count). The van der Waals surface area contributed by atoms with E-state index < -0.39 is 0 Å². The summed E-state index contributed by atoms with van der Waals surface area (Å²) >= 11 is 5.93. The molecule has 6 heteroatoms. The van der Waals surface area contributed by atoms with Crippen molar-refractivity contribution in [2.24, 2.45) is 0 Å². The third-order valence-corrected chi connectivity index (χ3v) is 2.99. The number of rotatable bonds is 1. The molecule has 2 heterocycles. The van der Waals surface area contributed by atoms with Crippen molar-refractivity contribution < 1.29 is 0 Å². The molecule has 0 atom stereocenters. The van der Waals surface area contributed by atoms with Crippen molar-refractivity contribution in [2.45, 2.75) is 0 Å². The predicted molar refractivity (Wildman–Crippen MR) is 74.4 cm³/mol. The quantitative estimate of drug-likeness (QED) is 0.686. The van der Waals surface area contributed by atoms with Crippen LogP contribution in [0.25, 0.3) is 22.4 Å². The van der Waals surface area contributed by atoms with E-state index in [-0.39, 0.29) is 5.56 Å². The van der Waals surface area contributed by atoms with Crippen LogP contribution in [0.5, 0.6) is 0 Å². The highest BCUT2D eigenvalue weighted by Gasteiger charge is 2.11. The van der Waals surface area contributed by atoms with Crippen molar-refractivity contribution >= 4 is 22.6 Å². The van der Waals surface area contributed by atoms with E-state index in [2.05, 4.69) is 9.97 Å². The van der Waals surface area contributed by atoms with Gasteiger partial charge < -0.3 is 5.84 Å². The number of nitrogen functional groups attached to an aromatic ring is 1. The van der Waals surface area contributed by atoms with Crippen molar-refractivity contribution in [1.29, 1.82) is 0 Å². The maximum Gasteiger partial charge on any atom is 0.281 e. The first-order valence-electron chi connectivity index (χ1n) is 5.55. The van der Waals surface area contributed by atoms with Gasteiger partial charge in [-0.2, -0.15) is 0 Å². The second kappa shape index (κ2) is 4.37. The van der Waals surface area contributed by atoms with E-state index in [4.69, 9.17) is 17.4 Å². The predicted octanol–water partition coefficient (Wildman–Crippen LogP) is 1.83. The second-order valence-electron chi connectivity index (χ2n) is 4.00. The normalized spacial score (nSPS) is 10.8. The fourth-order valence-electron chi connectivity index (χ4n) is 1.86. The highest BCUT2D eigenvalue weighted by Crippen LogP contribution is 2.20. The summed E-state index contributed by atoms with van der Waals surface area (Å²) < 4.78 is 1.01. The second-order valence-corrected chi connectivity index (χ2v) is 4.43. The first kappa shape index (κ1) is 11.7. The molecule has 0 saturated heterocycles. The Morgan fingerprint density at radius 2 is 2.05 bits per heavy atom. The minimum absolute atomic E-state index is 0.332. The average molecular weight is 273 g/mol. The van der Waals surface area contributed by atoms with Gasteiger partial charge in [0.05, 0.1) is 5.39 Å². The summed E-state index contributed by atoms with van der Waals surface area (Å²) in [6, 6.07) is 10.3. The van der Waals surface area contributed by atoms with Gasteiger partial charge in [-0.1, -0.05) is 23.7 Å². The number of nitrogens with two attached hydrogens (primary N) is 1. The Morgan fingerprint density at radius 3 is 2.84 bits per heavy atom. The Labute approximate surface area is 113 Å². The Bertz CT molecular complexity index is 828. The van der Waals surface area contributed by atoms with Crippen molar-refractivity contribution in [3.63, 3.8) is 0 Å². The zero-order chi connectivity index (χ0) is 13.4. The lowest BCUT2D eigenvalue weighted by Gasteiger charge is -2.08. The summed E-state index contributed by atoms with van der Waals surface area (Å²) in [5.74, 6) is 6.13. The lowest BCUT2D eigenvalue weighted by atomic mass is 10.2. The summed E-state index contributed by atoms with van der Waals surface area (Å²) in [7, 11) is 0. The van der Waals surface area contributed by atoms with Gasteiger partial charge in [-0.15, -0.1) is 0 Å². The Morgan fingerprint density at radius 1 is 1.21 bits per heavy atom. The average Bonchev–Trinajstić information content (AvgIpc) is 2.43. The molecule has 94 valence electrons. The zero-order valence-corrected chi connectivity index (χ0v) is 10.5. The molecule has 5 nitrogen and oxygen atoms in total. The molecule has 2 aromatic heterocycles. The molecular weight excluding hydrogens is 264 g/mol. The summed E-state index contributed by atoms with van der Waals surface area (Å²) in [5, 5.41) is 0.934. The Kier molecular flexibility index (Phi) is 2.68. The maximum atomic E-state index is 12.1. The van der Waals surface area contributed by atoms with Crippen LogP contribution in [0.15, 0.2) is 47.4 Å². The number of hydrogen-bond acceptors (Lipinski definition) is 4. The number of fused-ring (bicyclic) bond motifs is 1. The van der Waals surface area contributed by atoms with Crippen LogP contribution in [-0.4, -0.2) is 14.6 Å². The first-order valence-corrected chi connectivity index (χ1v) is 5.93. The van der Waals surface area contributed by atoms with Gasteiger partial charge in [-0.3, -0.25) is 4.79 Å². The topological polar surface area (TPSA) is 73.8 Å². The summed E-state index contributed by atoms with van der Waals surface area (Å²) in [5.41, 5.74) is 0.692. The Hall–Kier alpha value is -2.40. The molecule has 0 fully saturated rings. The number of benzene rings is 1. The van der Waals surface area contributed by atoms with Crippen LogP contribution in [-0.2, 0) is 0 Å². The summed E-state index contributed by atoms with van der Waals surface area (Å²) in [6.07, 6.45) is 1.58. The fraction of sp³-hybridized carbons (Fsp3) is 0. The molecule has 0 saturated carbocycles. The molecule has 2 N–H and O–H groups in total. The van der Waals surface area contributed by atoms with Crippen LogP contribution in [0.2, 0.25) is 5.02 Å². The van der Waals surface area contributed by atoms with E-state index in [0.29, 0.717) is 27.4 Å². The van der Waals surface area contributed by atoms with Crippen molar-refractivity contribution in [3.05, 3.63) is 58.0 Å². The van der Waals surface area contributed by atoms with Gasteiger partial charge >= 0.3 is 0 Å². The summed E-state index contributed by atoms with van der Waals surface area (Å²) in [6.45, 7) is 0. The number of aromatic nitrogens is 3. The monoisotopic (exact) mass is 272 g/mol. The zero-order valence-electron chi connectivity index (χ0n) is 9.75. The first-order chi connectivity index (χ1) is 9.16. The van der Waals surface area contributed by atoms with E-state index in [1.807, 2.05) is 0 Å². The minimum Gasteiger partial charge on any atom is -0.334 e. The van der Waals surface area contributed by atoms with Crippen LogP contribution in [0, 0.1) is 0 Å². The van der Waals surface area contributed by atoms with Gasteiger partial charge in [0, 0.05) is 16.8 Å². The van der Waals surface area contributed by atoms with Gasteiger partial charge in [-0.25, -0.2) is 14.6 Å². The molecule has 19 heavy (non-hydrogen) atoms. The molecule has 0 aliphatic carbocycles. The molecule has 3 aromatic rings. The van der Waals surface area contributed by atoms with Crippen molar-refractivity contribution in [1.82, 2.24) is 14.6 Å². The molecular formula is C13H9ClN4O. The number of hydrogen-bond donors (Lipinski definition) is 1. The molecule has 0 aliphatic heterocycles. The number of nitrogens with zero attached hydrogens (tertiary/aromatic N) is 3. The number of halogens is 1. The third-order valence-electron chi connectivity index (χ3n) is 2.76. The SMILES string of the molecule is Nn1c(-c2cccc(Cl)c2)nc2ncccc2c1=O. The molecule has 0 spiro atoms. The third kappa shape index (κ3) is 1.94. The van der Waals surface area contributed by atoms with E-state index in [9.17, 15) is 4.79 Å². The van der Waals surface area contributed by atoms with Crippen LogP contribution < -0.4 is 11.4 Å². The highest BCUT2D eigenvalue weighted by molar-refractivity contribution is 6.30. The van der Waals surface area contributed by atoms with Crippen molar-refractivity contribution in [3.8, 4) is 11.4 Å². The molecule has 1 aromatic carbocycles. The number of pyridine rings is 1. The molecule has 0 amide bonds. The molecule has 0 bridgehead atoms. The van der Waals surface area contributed by atoms with E-state index >= 15 is 0 Å². The lowest BCUT2D eigenvalue weighted by Crippen LogP contribution is -2.30. The maximum absolute atomic E-state index is 12.1. The minimum atomic E-state index is -0.340. The van der Waals surface area contributed by atoms with Crippen LogP contribution in [0.3, 0.4) is 0 Å². The lowest BCUT2D eigenvalue weighted by molar-refractivity contribution is 0.922. The standard InChI is InChI=1S/C13H9ClN4O/c14-9-4-1-3-8(7-9)12-17-11-10(5-2-6-16-11)13(19)18(12)15/h1-7H,15H2. The summed E-state index contributed by atoms with van der Waals surface area (Å²) in [4.78, 5) is 20.5. The van der Waals surface area contributed by atoms with Crippen molar-refractivity contribution in [2.75, 3.05) is 5.84 Å². The van der Waals surface area contributed by atoms with Gasteiger partial charge in [0.25, 0.3) is 5.56 Å². The molecule has 0 aliphatic rings. The van der Waals surface area contributed by atoms with Gasteiger partial charge in [0.15, 0.2) is 11.5 Å². The Balaban J connectivity index is 2.36. The van der Waals surface area contributed by atoms with Gasteiger partial charge in [-0.05, 0) is 24.3 Å².